The molecule has 1 heteroatoms. The maximum atomic E-state index is 3.52. The molecule has 0 aliphatic heterocycles. The number of hydrogen-bond donors (Lipinski definition) is 1. The summed E-state index contributed by atoms with van der Waals surface area (Å²) in [6.07, 6.45) is 10.2. The highest BCUT2D eigenvalue weighted by atomic mass is 14.9. The van der Waals surface area contributed by atoms with Crippen molar-refractivity contribution < 1.29 is 0 Å². The number of rotatable bonds is 4. The van der Waals surface area contributed by atoms with Gasteiger partial charge in [-0.15, -0.1) is 0 Å². The second-order valence-corrected chi connectivity index (χ2v) is 5.15. The Morgan fingerprint density at radius 2 is 2.00 bits per heavy atom. The molecule has 0 saturated heterocycles. The topological polar surface area (TPSA) is 12.0 Å². The van der Waals surface area contributed by atoms with Crippen LogP contribution in [0.5, 0.6) is 0 Å². The van der Waals surface area contributed by atoms with Gasteiger partial charge in [-0.2, -0.15) is 0 Å². The average Bonchev–Trinajstić information content (AvgIpc) is 2.69. The van der Waals surface area contributed by atoms with Crippen molar-refractivity contribution in [3.05, 3.63) is 47.0 Å². The van der Waals surface area contributed by atoms with Crippen molar-refractivity contribution in [2.75, 3.05) is 7.05 Å². The van der Waals surface area contributed by atoms with E-state index in [2.05, 4.69) is 49.6 Å². The van der Waals surface area contributed by atoms with Crippen molar-refractivity contribution in [1.29, 1.82) is 0 Å². The zero-order valence-corrected chi connectivity index (χ0v) is 11.7. The molecule has 0 spiro atoms. The van der Waals surface area contributed by atoms with Gasteiger partial charge >= 0.3 is 0 Å². The van der Waals surface area contributed by atoms with Crippen LogP contribution in [0.4, 0.5) is 0 Å². The Morgan fingerprint density at radius 3 is 2.78 bits per heavy atom. The molecule has 1 aromatic carbocycles. The van der Waals surface area contributed by atoms with Gasteiger partial charge in [-0.3, -0.25) is 0 Å². The van der Waals surface area contributed by atoms with E-state index in [-0.39, 0.29) is 0 Å². The highest BCUT2D eigenvalue weighted by Gasteiger charge is 2.17. The van der Waals surface area contributed by atoms with Gasteiger partial charge in [-0.05, 0) is 50.3 Å². The van der Waals surface area contributed by atoms with Crippen molar-refractivity contribution in [2.24, 2.45) is 0 Å². The van der Waals surface area contributed by atoms with Crippen molar-refractivity contribution >= 4 is 0 Å². The summed E-state index contributed by atoms with van der Waals surface area (Å²) in [6, 6.07) is 9.27. The van der Waals surface area contributed by atoms with Crippen LogP contribution in [0, 0.1) is 0 Å². The number of hydrogen-bond acceptors (Lipinski definition) is 1. The lowest BCUT2D eigenvalue weighted by molar-refractivity contribution is 0.624. The summed E-state index contributed by atoms with van der Waals surface area (Å²) in [5, 5.41) is 3.52. The Kier molecular flexibility index (Phi) is 5.00. The standard InChI is InChI=1S/C17H25N/c1-3-14-10-8-9-13-16(14)17(18-2)15-11-6-4-5-7-12-15/h8-11,13,17-18H,3-7,12H2,1-2H3. The maximum Gasteiger partial charge on any atom is 0.0536 e. The van der Waals surface area contributed by atoms with E-state index in [4.69, 9.17) is 0 Å². The summed E-state index contributed by atoms with van der Waals surface area (Å²) in [5.41, 5.74) is 4.54. The third-order valence-electron chi connectivity index (χ3n) is 3.98. The second-order valence-electron chi connectivity index (χ2n) is 5.15. The third kappa shape index (κ3) is 3.02. The molecule has 0 bridgehead atoms. The molecule has 1 unspecified atom stereocenters. The van der Waals surface area contributed by atoms with Gasteiger partial charge in [0, 0.05) is 0 Å². The van der Waals surface area contributed by atoms with Gasteiger partial charge in [0.05, 0.1) is 6.04 Å². The van der Waals surface area contributed by atoms with E-state index in [1.807, 2.05) is 0 Å². The molecule has 2 rings (SSSR count). The van der Waals surface area contributed by atoms with Crippen LogP contribution < -0.4 is 5.32 Å². The van der Waals surface area contributed by atoms with Gasteiger partial charge in [-0.1, -0.05) is 49.3 Å². The van der Waals surface area contributed by atoms with Crippen LogP contribution in [0.25, 0.3) is 0 Å². The smallest absolute Gasteiger partial charge is 0.0536 e. The Labute approximate surface area is 111 Å². The molecule has 1 aliphatic rings. The zero-order chi connectivity index (χ0) is 12.8. The van der Waals surface area contributed by atoms with Crippen LogP contribution in [-0.4, -0.2) is 7.05 Å². The lowest BCUT2D eigenvalue weighted by atomic mass is 9.91. The fraction of sp³-hybridized carbons (Fsp3) is 0.529. The summed E-state index contributed by atoms with van der Waals surface area (Å²) < 4.78 is 0. The lowest BCUT2D eigenvalue weighted by Gasteiger charge is -2.22. The first-order chi connectivity index (χ1) is 8.86. The molecule has 1 nitrogen and oxygen atoms in total. The summed E-state index contributed by atoms with van der Waals surface area (Å²) in [6.45, 7) is 2.24. The number of aryl methyl sites for hydroxylation is 1. The van der Waals surface area contributed by atoms with E-state index in [0.717, 1.165) is 6.42 Å². The summed E-state index contributed by atoms with van der Waals surface area (Å²) in [4.78, 5) is 0. The molecular weight excluding hydrogens is 218 g/mol. The molecule has 1 aromatic rings. The van der Waals surface area contributed by atoms with Gasteiger partial charge in [0.15, 0.2) is 0 Å². The first kappa shape index (κ1) is 13.4. The zero-order valence-electron chi connectivity index (χ0n) is 11.7. The minimum atomic E-state index is 0.416. The predicted octanol–water partition coefficient (Wildman–Crippen LogP) is 4.40. The first-order valence-electron chi connectivity index (χ1n) is 7.30. The van der Waals surface area contributed by atoms with Gasteiger partial charge in [0.2, 0.25) is 0 Å². The highest BCUT2D eigenvalue weighted by Crippen LogP contribution is 2.30. The van der Waals surface area contributed by atoms with E-state index in [1.54, 1.807) is 5.57 Å². The van der Waals surface area contributed by atoms with E-state index in [1.165, 1.54) is 43.2 Å². The Hall–Kier alpha value is -1.08. The molecule has 0 radical (unpaired) electrons. The van der Waals surface area contributed by atoms with Gasteiger partial charge < -0.3 is 5.32 Å². The molecular formula is C17H25N. The molecule has 0 aromatic heterocycles. The molecule has 1 aliphatic carbocycles. The fourth-order valence-corrected chi connectivity index (χ4v) is 2.98. The highest BCUT2D eigenvalue weighted by molar-refractivity contribution is 5.35. The van der Waals surface area contributed by atoms with E-state index in [9.17, 15) is 0 Å². The second kappa shape index (κ2) is 6.75. The monoisotopic (exact) mass is 243 g/mol. The van der Waals surface area contributed by atoms with Crippen LogP contribution in [0.3, 0.4) is 0 Å². The van der Waals surface area contributed by atoms with E-state index >= 15 is 0 Å². The molecule has 18 heavy (non-hydrogen) atoms. The average molecular weight is 243 g/mol. The number of allylic oxidation sites excluding steroid dienone is 1. The molecule has 1 N–H and O–H groups in total. The van der Waals surface area contributed by atoms with Crippen molar-refractivity contribution in [1.82, 2.24) is 5.32 Å². The van der Waals surface area contributed by atoms with Crippen molar-refractivity contribution in [3.63, 3.8) is 0 Å². The normalized spacial score (nSPS) is 18.0. The Balaban J connectivity index is 2.29. The fourth-order valence-electron chi connectivity index (χ4n) is 2.98. The molecule has 0 fully saturated rings. The molecule has 0 amide bonds. The van der Waals surface area contributed by atoms with Crippen molar-refractivity contribution in [2.45, 2.75) is 51.5 Å². The Bertz CT molecular complexity index is 406. The van der Waals surface area contributed by atoms with Crippen LogP contribution in [-0.2, 0) is 6.42 Å². The summed E-state index contributed by atoms with van der Waals surface area (Å²) in [7, 11) is 2.09. The van der Waals surface area contributed by atoms with Crippen LogP contribution >= 0.6 is 0 Å². The molecule has 1 atom stereocenters. The van der Waals surface area contributed by atoms with Gasteiger partial charge in [-0.25, -0.2) is 0 Å². The lowest BCUT2D eigenvalue weighted by Crippen LogP contribution is -2.20. The number of likely N-dealkylation sites (N-methyl/N-ethyl adjacent to an activating group) is 1. The third-order valence-corrected chi connectivity index (χ3v) is 3.98. The quantitative estimate of drug-likeness (QED) is 0.773. The minimum Gasteiger partial charge on any atom is -0.310 e. The molecule has 0 heterocycles. The van der Waals surface area contributed by atoms with Crippen LogP contribution in [0.15, 0.2) is 35.9 Å². The van der Waals surface area contributed by atoms with Crippen LogP contribution in [0.2, 0.25) is 0 Å². The summed E-state index contributed by atoms with van der Waals surface area (Å²) >= 11 is 0. The van der Waals surface area contributed by atoms with Gasteiger partial charge in [0.1, 0.15) is 0 Å². The molecule has 98 valence electrons. The van der Waals surface area contributed by atoms with E-state index < -0.39 is 0 Å². The minimum absolute atomic E-state index is 0.416. The predicted molar refractivity (Wildman–Crippen MR) is 78.8 cm³/mol. The van der Waals surface area contributed by atoms with Crippen molar-refractivity contribution in [3.8, 4) is 0 Å². The molecule has 0 saturated carbocycles. The van der Waals surface area contributed by atoms with E-state index in [0.29, 0.717) is 6.04 Å². The Morgan fingerprint density at radius 1 is 1.17 bits per heavy atom. The number of benzene rings is 1. The number of nitrogens with one attached hydrogen (secondary N) is 1. The first-order valence-corrected chi connectivity index (χ1v) is 7.30. The maximum absolute atomic E-state index is 3.52. The summed E-state index contributed by atoms with van der Waals surface area (Å²) in [5.74, 6) is 0. The van der Waals surface area contributed by atoms with Crippen LogP contribution in [0.1, 0.15) is 56.2 Å². The SMILES string of the molecule is CCc1ccccc1C(NC)C1=CCCCCC1. The van der Waals surface area contributed by atoms with Gasteiger partial charge in [0.25, 0.3) is 0 Å². The largest absolute Gasteiger partial charge is 0.310 e.